The fourth-order valence-corrected chi connectivity index (χ4v) is 3.17. The molecule has 0 spiro atoms. The Labute approximate surface area is 115 Å². The minimum Gasteiger partial charge on any atom is -0.395 e. The fourth-order valence-electron chi connectivity index (χ4n) is 1.42. The first-order valence-corrected chi connectivity index (χ1v) is 6.76. The number of halogens is 1. The molecule has 2 rings (SSSR count). The Morgan fingerprint density at radius 3 is 2.82 bits per heavy atom. The van der Waals surface area contributed by atoms with Gasteiger partial charge in [0, 0.05) is 16.3 Å². The average molecular weight is 291 g/mol. The molecule has 6 heteroatoms. The van der Waals surface area contributed by atoms with E-state index in [2.05, 4.69) is 22.5 Å². The minimum absolute atomic E-state index is 0. The van der Waals surface area contributed by atoms with E-state index in [1.54, 1.807) is 22.7 Å². The summed E-state index contributed by atoms with van der Waals surface area (Å²) in [5.41, 5.74) is 6.74. The number of nitrogens with zero attached hydrogens (tertiary/aromatic N) is 1. The largest absolute Gasteiger partial charge is 0.395 e. The Bertz CT molecular complexity index is 469. The highest BCUT2D eigenvalue weighted by Gasteiger charge is 2.08. The molecule has 0 fully saturated rings. The first kappa shape index (κ1) is 14.6. The molecular formula is C11H15ClN2OS2. The van der Waals surface area contributed by atoms with Gasteiger partial charge >= 0.3 is 0 Å². The number of hydrogen-bond donors (Lipinski definition) is 2. The van der Waals surface area contributed by atoms with Crippen LogP contribution in [0.4, 0.5) is 0 Å². The molecule has 17 heavy (non-hydrogen) atoms. The van der Waals surface area contributed by atoms with Crippen molar-refractivity contribution in [2.75, 3.05) is 6.61 Å². The van der Waals surface area contributed by atoms with E-state index in [9.17, 15) is 0 Å². The number of thiophene rings is 1. The highest BCUT2D eigenvalue weighted by Crippen LogP contribution is 2.29. The molecule has 0 aliphatic carbocycles. The molecule has 0 radical (unpaired) electrons. The summed E-state index contributed by atoms with van der Waals surface area (Å²) >= 11 is 3.35. The van der Waals surface area contributed by atoms with Crippen LogP contribution < -0.4 is 5.73 Å². The van der Waals surface area contributed by atoms with Gasteiger partial charge in [-0.3, -0.25) is 0 Å². The smallest absolute Gasteiger partial charge is 0.0914 e. The van der Waals surface area contributed by atoms with Crippen molar-refractivity contribution >= 4 is 35.1 Å². The van der Waals surface area contributed by atoms with Gasteiger partial charge in [-0.1, -0.05) is 0 Å². The number of rotatable bonds is 4. The summed E-state index contributed by atoms with van der Waals surface area (Å²) < 4.78 is 0. The number of aliphatic hydroxyl groups is 1. The monoisotopic (exact) mass is 290 g/mol. The summed E-state index contributed by atoms with van der Waals surface area (Å²) in [4.78, 5) is 6.81. The molecule has 1 unspecified atom stereocenters. The van der Waals surface area contributed by atoms with Gasteiger partial charge in [0.15, 0.2) is 0 Å². The van der Waals surface area contributed by atoms with E-state index in [4.69, 9.17) is 10.8 Å². The SMILES string of the molecule is Cc1nc(-c2ccc(CC(N)CO)s2)cs1.Cl. The highest BCUT2D eigenvalue weighted by atomic mass is 35.5. The molecule has 0 saturated heterocycles. The summed E-state index contributed by atoms with van der Waals surface area (Å²) in [6, 6.07) is 3.96. The highest BCUT2D eigenvalue weighted by molar-refractivity contribution is 7.16. The second-order valence-corrected chi connectivity index (χ2v) is 5.90. The fraction of sp³-hybridized carbons (Fsp3) is 0.364. The number of nitrogens with two attached hydrogens (primary N) is 1. The Morgan fingerprint density at radius 1 is 1.47 bits per heavy atom. The van der Waals surface area contributed by atoms with Gasteiger partial charge in [-0.25, -0.2) is 4.98 Å². The molecule has 94 valence electrons. The van der Waals surface area contributed by atoms with Gasteiger partial charge in [-0.2, -0.15) is 0 Å². The van der Waals surface area contributed by atoms with E-state index in [1.165, 1.54) is 9.75 Å². The first-order chi connectivity index (χ1) is 7.69. The van der Waals surface area contributed by atoms with Gasteiger partial charge in [0.1, 0.15) is 0 Å². The van der Waals surface area contributed by atoms with E-state index in [0.717, 1.165) is 17.1 Å². The molecule has 3 N–H and O–H groups in total. The zero-order valence-electron chi connectivity index (χ0n) is 9.42. The lowest BCUT2D eigenvalue weighted by molar-refractivity contribution is 0.266. The van der Waals surface area contributed by atoms with Crippen molar-refractivity contribution in [2.24, 2.45) is 5.73 Å². The number of aliphatic hydroxyl groups excluding tert-OH is 1. The third-order valence-electron chi connectivity index (χ3n) is 2.23. The van der Waals surface area contributed by atoms with Crippen LogP contribution in [0, 0.1) is 6.92 Å². The molecule has 0 saturated carbocycles. The van der Waals surface area contributed by atoms with Gasteiger partial charge in [-0.05, 0) is 25.5 Å². The lowest BCUT2D eigenvalue weighted by atomic mass is 10.2. The van der Waals surface area contributed by atoms with Crippen molar-refractivity contribution in [1.29, 1.82) is 0 Å². The van der Waals surface area contributed by atoms with E-state index in [-0.39, 0.29) is 25.1 Å². The van der Waals surface area contributed by atoms with Crippen molar-refractivity contribution < 1.29 is 5.11 Å². The van der Waals surface area contributed by atoms with Crippen molar-refractivity contribution in [3.63, 3.8) is 0 Å². The summed E-state index contributed by atoms with van der Waals surface area (Å²) in [7, 11) is 0. The van der Waals surface area contributed by atoms with Crippen LogP contribution in [-0.2, 0) is 6.42 Å². The van der Waals surface area contributed by atoms with Gasteiger partial charge in [-0.15, -0.1) is 35.1 Å². The Kier molecular flexibility index (Phi) is 5.55. The van der Waals surface area contributed by atoms with Crippen LogP contribution >= 0.6 is 35.1 Å². The molecular weight excluding hydrogens is 276 g/mol. The van der Waals surface area contributed by atoms with Crippen molar-refractivity contribution in [2.45, 2.75) is 19.4 Å². The zero-order valence-corrected chi connectivity index (χ0v) is 11.9. The topological polar surface area (TPSA) is 59.1 Å². The molecule has 0 amide bonds. The second kappa shape index (κ2) is 6.47. The molecule has 0 aliphatic heterocycles. The predicted octanol–water partition coefficient (Wildman–Crippen LogP) is 2.46. The van der Waals surface area contributed by atoms with E-state index in [1.807, 2.05) is 6.92 Å². The number of aryl methyl sites for hydroxylation is 1. The predicted molar refractivity (Wildman–Crippen MR) is 76.2 cm³/mol. The molecule has 2 aromatic heterocycles. The molecule has 0 aliphatic rings. The lowest BCUT2D eigenvalue weighted by Crippen LogP contribution is -2.26. The lowest BCUT2D eigenvalue weighted by Gasteiger charge is -2.04. The number of thiazole rings is 1. The number of hydrogen-bond acceptors (Lipinski definition) is 5. The third-order valence-corrected chi connectivity index (χ3v) is 4.13. The van der Waals surface area contributed by atoms with Crippen LogP contribution in [0.3, 0.4) is 0 Å². The van der Waals surface area contributed by atoms with E-state index < -0.39 is 0 Å². The second-order valence-electron chi connectivity index (χ2n) is 3.66. The third kappa shape index (κ3) is 3.76. The Balaban J connectivity index is 0.00000144. The molecule has 1 atom stereocenters. The maximum absolute atomic E-state index is 8.89. The van der Waals surface area contributed by atoms with Crippen LogP contribution in [0.15, 0.2) is 17.5 Å². The standard InChI is InChI=1S/C11H14N2OS2.ClH/c1-7-13-10(6-15-7)11-3-2-9(16-11)4-8(12)5-14;/h2-3,6,8,14H,4-5,12H2,1H3;1H. The summed E-state index contributed by atoms with van der Waals surface area (Å²) in [6.07, 6.45) is 0.726. The average Bonchev–Trinajstić information content (AvgIpc) is 2.87. The minimum atomic E-state index is -0.163. The Morgan fingerprint density at radius 2 is 2.24 bits per heavy atom. The van der Waals surface area contributed by atoms with Crippen LogP contribution in [0.1, 0.15) is 9.88 Å². The maximum Gasteiger partial charge on any atom is 0.0914 e. The van der Waals surface area contributed by atoms with Crippen LogP contribution in [0.2, 0.25) is 0 Å². The van der Waals surface area contributed by atoms with Gasteiger partial charge in [0.05, 0.1) is 22.2 Å². The molecule has 0 bridgehead atoms. The Hall–Kier alpha value is -0.460. The van der Waals surface area contributed by atoms with Crippen molar-refractivity contribution in [3.05, 3.63) is 27.4 Å². The zero-order chi connectivity index (χ0) is 11.5. The van der Waals surface area contributed by atoms with Crippen molar-refractivity contribution in [1.82, 2.24) is 4.98 Å². The van der Waals surface area contributed by atoms with Crippen molar-refractivity contribution in [3.8, 4) is 10.6 Å². The first-order valence-electron chi connectivity index (χ1n) is 5.06. The molecule has 0 aromatic carbocycles. The molecule has 2 heterocycles. The normalized spacial score (nSPS) is 12.2. The van der Waals surface area contributed by atoms with Gasteiger partial charge < -0.3 is 10.8 Å². The van der Waals surface area contributed by atoms with E-state index >= 15 is 0 Å². The molecule has 3 nitrogen and oxygen atoms in total. The summed E-state index contributed by atoms with van der Waals surface area (Å²) in [5.74, 6) is 0. The van der Waals surface area contributed by atoms with Gasteiger partial charge in [0.2, 0.25) is 0 Å². The summed E-state index contributed by atoms with van der Waals surface area (Å²) in [6.45, 7) is 2.04. The quantitative estimate of drug-likeness (QED) is 0.909. The molecule has 2 aromatic rings. The van der Waals surface area contributed by atoms with E-state index in [0.29, 0.717) is 0 Å². The summed E-state index contributed by atoms with van der Waals surface area (Å²) in [5, 5.41) is 12.0. The van der Waals surface area contributed by atoms with Crippen LogP contribution in [-0.4, -0.2) is 22.7 Å². The maximum atomic E-state index is 8.89. The number of aromatic nitrogens is 1. The van der Waals surface area contributed by atoms with Gasteiger partial charge in [0.25, 0.3) is 0 Å². The van der Waals surface area contributed by atoms with Crippen LogP contribution in [0.5, 0.6) is 0 Å². The van der Waals surface area contributed by atoms with Crippen LogP contribution in [0.25, 0.3) is 10.6 Å².